The lowest BCUT2D eigenvalue weighted by Crippen LogP contribution is -2.42. The van der Waals surface area contributed by atoms with E-state index in [1.807, 2.05) is 0 Å². The number of nitrogens with one attached hydrogen (secondary N) is 1. The smallest absolute Gasteiger partial charge is 0.319 e. The van der Waals surface area contributed by atoms with Gasteiger partial charge in [-0.15, -0.1) is 0 Å². The molecule has 0 aromatic rings. The SMILES string of the molecule is CN(C)C(=O)N1CCC(=C2CC(=O)NC2=O)CC1. The monoisotopic (exact) mass is 251 g/mol. The number of piperidine rings is 1. The molecule has 0 saturated carbocycles. The van der Waals surface area contributed by atoms with Gasteiger partial charge in [0.2, 0.25) is 5.91 Å². The Labute approximate surface area is 106 Å². The predicted molar refractivity (Wildman–Crippen MR) is 64.7 cm³/mol. The first-order chi connectivity index (χ1) is 8.49. The highest BCUT2D eigenvalue weighted by molar-refractivity contribution is 6.13. The van der Waals surface area contributed by atoms with Crippen LogP contribution in [0.1, 0.15) is 19.3 Å². The molecule has 0 aromatic carbocycles. The summed E-state index contributed by atoms with van der Waals surface area (Å²) < 4.78 is 0. The van der Waals surface area contributed by atoms with Crippen molar-refractivity contribution < 1.29 is 14.4 Å². The third kappa shape index (κ3) is 2.37. The van der Waals surface area contributed by atoms with Crippen LogP contribution in [0.5, 0.6) is 0 Å². The summed E-state index contributed by atoms with van der Waals surface area (Å²) in [5.41, 5.74) is 1.62. The molecule has 2 saturated heterocycles. The van der Waals surface area contributed by atoms with Crippen molar-refractivity contribution in [3.63, 3.8) is 0 Å². The molecule has 2 heterocycles. The van der Waals surface area contributed by atoms with E-state index in [9.17, 15) is 14.4 Å². The molecular weight excluding hydrogens is 234 g/mol. The number of urea groups is 1. The van der Waals surface area contributed by atoms with E-state index in [1.165, 1.54) is 0 Å². The van der Waals surface area contributed by atoms with Crippen molar-refractivity contribution in [3.8, 4) is 0 Å². The van der Waals surface area contributed by atoms with E-state index in [0.29, 0.717) is 31.5 Å². The normalized spacial score (nSPS) is 20.2. The molecule has 6 nitrogen and oxygen atoms in total. The van der Waals surface area contributed by atoms with Crippen LogP contribution < -0.4 is 5.32 Å². The highest BCUT2D eigenvalue weighted by Crippen LogP contribution is 2.24. The van der Waals surface area contributed by atoms with E-state index in [2.05, 4.69) is 5.32 Å². The van der Waals surface area contributed by atoms with Crippen LogP contribution >= 0.6 is 0 Å². The van der Waals surface area contributed by atoms with Crippen molar-refractivity contribution in [3.05, 3.63) is 11.1 Å². The van der Waals surface area contributed by atoms with Crippen molar-refractivity contribution in [2.24, 2.45) is 0 Å². The zero-order valence-corrected chi connectivity index (χ0v) is 10.7. The second-order valence-electron chi connectivity index (χ2n) is 4.80. The van der Waals surface area contributed by atoms with Crippen LogP contribution in [0.25, 0.3) is 0 Å². The van der Waals surface area contributed by atoms with Crippen LogP contribution in [-0.2, 0) is 9.59 Å². The van der Waals surface area contributed by atoms with Crippen LogP contribution in [0, 0.1) is 0 Å². The third-order valence-corrected chi connectivity index (χ3v) is 3.31. The maximum absolute atomic E-state index is 11.7. The number of imide groups is 1. The molecule has 4 amide bonds. The van der Waals surface area contributed by atoms with Crippen LogP contribution in [0.4, 0.5) is 4.79 Å². The van der Waals surface area contributed by atoms with Crippen molar-refractivity contribution in [1.29, 1.82) is 0 Å². The molecule has 98 valence electrons. The Morgan fingerprint density at radius 2 is 1.83 bits per heavy atom. The second kappa shape index (κ2) is 4.80. The fourth-order valence-electron chi connectivity index (χ4n) is 2.33. The first-order valence-corrected chi connectivity index (χ1v) is 6.00. The molecule has 0 radical (unpaired) electrons. The molecule has 2 rings (SSSR count). The van der Waals surface area contributed by atoms with Crippen LogP contribution in [0.15, 0.2) is 11.1 Å². The summed E-state index contributed by atoms with van der Waals surface area (Å²) in [6, 6.07) is -0.00833. The fraction of sp³-hybridized carbons (Fsp3) is 0.583. The molecule has 0 bridgehead atoms. The predicted octanol–water partition coefficient (Wildman–Crippen LogP) is 0.107. The first-order valence-electron chi connectivity index (χ1n) is 6.00. The van der Waals surface area contributed by atoms with Gasteiger partial charge < -0.3 is 9.80 Å². The molecule has 0 aromatic heterocycles. The summed E-state index contributed by atoms with van der Waals surface area (Å²) in [7, 11) is 3.44. The van der Waals surface area contributed by atoms with Gasteiger partial charge in [-0.1, -0.05) is 5.57 Å². The van der Waals surface area contributed by atoms with Gasteiger partial charge in [-0.3, -0.25) is 14.9 Å². The molecule has 0 aliphatic carbocycles. The van der Waals surface area contributed by atoms with E-state index in [1.54, 1.807) is 23.9 Å². The van der Waals surface area contributed by atoms with Crippen molar-refractivity contribution >= 4 is 17.8 Å². The number of hydrogen-bond donors (Lipinski definition) is 1. The molecule has 0 unspecified atom stereocenters. The summed E-state index contributed by atoms with van der Waals surface area (Å²) in [5.74, 6) is -0.489. The molecule has 2 aliphatic heterocycles. The van der Waals surface area contributed by atoms with Gasteiger partial charge in [-0.2, -0.15) is 0 Å². The minimum Gasteiger partial charge on any atom is -0.331 e. The third-order valence-electron chi connectivity index (χ3n) is 3.31. The zero-order chi connectivity index (χ0) is 13.3. The standard InChI is InChI=1S/C12H17N3O3/c1-14(2)12(18)15-5-3-8(4-6-15)9-7-10(16)13-11(9)17/h3-7H2,1-2H3,(H,13,16,17). The largest absolute Gasteiger partial charge is 0.331 e. The molecule has 0 atom stereocenters. The summed E-state index contributed by atoms with van der Waals surface area (Å²) in [5, 5.41) is 2.29. The van der Waals surface area contributed by atoms with E-state index in [0.717, 1.165) is 5.57 Å². The molecule has 2 fully saturated rings. The van der Waals surface area contributed by atoms with Gasteiger partial charge in [0.1, 0.15) is 0 Å². The highest BCUT2D eigenvalue weighted by atomic mass is 16.2. The average Bonchev–Trinajstić information content (AvgIpc) is 2.67. The zero-order valence-electron chi connectivity index (χ0n) is 10.7. The maximum Gasteiger partial charge on any atom is 0.319 e. The number of carbonyl (C=O) groups excluding carboxylic acids is 3. The van der Waals surface area contributed by atoms with Gasteiger partial charge in [0.05, 0.1) is 6.42 Å². The summed E-state index contributed by atoms with van der Waals surface area (Å²) in [6.07, 6.45) is 1.54. The molecule has 2 aliphatic rings. The lowest BCUT2D eigenvalue weighted by molar-refractivity contribution is -0.124. The number of amides is 4. The van der Waals surface area contributed by atoms with Gasteiger partial charge in [-0.25, -0.2) is 4.79 Å². The Kier molecular flexibility index (Phi) is 3.36. The number of likely N-dealkylation sites (tertiary alicyclic amines) is 1. The molecule has 0 spiro atoms. The Balaban J connectivity index is 2.03. The van der Waals surface area contributed by atoms with Gasteiger partial charge in [0, 0.05) is 32.8 Å². The topological polar surface area (TPSA) is 69.7 Å². The minimum absolute atomic E-state index is 0.00833. The lowest BCUT2D eigenvalue weighted by atomic mass is 9.97. The Hall–Kier alpha value is -1.85. The fourth-order valence-corrected chi connectivity index (χ4v) is 2.33. The first kappa shape index (κ1) is 12.6. The highest BCUT2D eigenvalue weighted by Gasteiger charge is 2.29. The van der Waals surface area contributed by atoms with Crippen LogP contribution in [-0.4, -0.2) is 54.8 Å². The molecule has 6 heteroatoms. The molecule has 1 N–H and O–H groups in total. The number of nitrogens with zero attached hydrogens (tertiary/aromatic N) is 2. The summed E-state index contributed by atoms with van der Waals surface area (Å²) in [6.45, 7) is 1.22. The van der Waals surface area contributed by atoms with Crippen LogP contribution in [0.3, 0.4) is 0 Å². The van der Waals surface area contributed by atoms with E-state index >= 15 is 0 Å². The Bertz CT molecular complexity index is 430. The summed E-state index contributed by atoms with van der Waals surface area (Å²) >= 11 is 0. The van der Waals surface area contributed by atoms with E-state index in [4.69, 9.17) is 0 Å². The van der Waals surface area contributed by atoms with E-state index < -0.39 is 0 Å². The molecule has 18 heavy (non-hydrogen) atoms. The quantitative estimate of drug-likeness (QED) is 0.490. The van der Waals surface area contributed by atoms with Gasteiger partial charge in [0.15, 0.2) is 0 Å². The maximum atomic E-state index is 11.7. The van der Waals surface area contributed by atoms with Gasteiger partial charge in [0.25, 0.3) is 5.91 Å². The van der Waals surface area contributed by atoms with Gasteiger partial charge in [-0.05, 0) is 12.8 Å². The van der Waals surface area contributed by atoms with Crippen molar-refractivity contribution in [2.75, 3.05) is 27.2 Å². The van der Waals surface area contributed by atoms with Crippen molar-refractivity contribution in [1.82, 2.24) is 15.1 Å². The minimum atomic E-state index is -0.262. The number of hydrogen-bond acceptors (Lipinski definition) is 3. The Morgan fingerprint density at radius 1 is 1.22 bits per heavy atom. The summed E-state index contributed by atoms with van der Waals surface area (Å²) in [4.78, 5) is 37.7. The van der Waals surface area contributed by atoms with Crippen molar-refractivity contribution in [2.45, 2.75) is 19.3 Å². The Morgan fingerprint density at radius 3 is 2.28 bits per heavy atom. The second-order valence-corrected chi connectivity index (χ2v) is 4.80. The number of rotatable bonds is 0. The van der Waals surface area contributed by atoms with Gasteiger partial charge >= 0.3 is 6.03 Å². The lowest BCUT2D eigenvalue weighted by Gasteiger charge is -2.31. The number of carbonyl (C=O) groups is 3. The average molecular weight is 251 g/mol. The van der Waals surface area contributed by atoms with E-state index in [-0.39, 0.29) is 24.3 Å². The molecular formula is C12H17N3O3. The van der Waals surface area contributed by atoms with Crippen LogP contribution in [0.2, 0.25) is 0 Å².